The lowest BCUT2D eigenvalue weighted by Gasteiger charge is -2.37. The quantitative estimate of drug-likeness (QED) is 0.336. The van der Waals surface area contributed by atoms with Crippen molar-refractivity contribution in [1.82, 2.24) is 9.80 Å². The molecule has 3 rings (SSSR count). The Bertz CT molecular complexity index is 1170. The molecule has 1 fully saturated rings. The summed E-state index contributed by atoms with van der Waals surface area (Å²) in [4.78, 5) is 35.7. The van der Waals surface area contributed by atoms with Crippen LogP contribution in [0.1, 0.15) is 16.7 Å². The maximum atomic E-state index is 13.3. The summed E-state index contributed by atoms with van der Waals surface area (Å²) in [5.74, 6) is -1.41. The van der Waals surface area contributed by atoms with Crippen molar-refractivity contribution in [3.63, 3.8) is 0 Å². The first-order valence-corrected chi connectivity index (χ1v) is 10.1. The molecule has 1 saturated heterocycles. The molecule has 1 aliphatic rings. The molecular weight excluding hydrogens is 504 g/mol. The van der Waals surface area contributed by atoms with Crippen molar-refractivity contribution in [2.24, 2.45) is 0 Å². The van der Waals surface area contributed by atoms with Gasteiger partial charge < -0.3 is 15.1 Å². The average molecular weight is 521 g/mol. The van der Waals surface area contributed by atoms with Crippen LogP contribution < -0.4 is 0 Å². The third-order valence-corrected chi connectivity index (χ3v) is 5.62. The Morgan fingerprint density at radius 3 is 2.00 bits per heavy atom. The van der Waals surface area contributed by atoms with Crippen molar-refractivity contribution in [1.29, 1.82) is 0 Å². The fraction of sp³-hybridized carbons (Fsp3) is 0.333. The molecule has 1 heterocycles. The molecule has 0 aliphatic carbocycles. The highest BCUT2D eigenvalue weighted by atomic mass is 19.4. The largest absolute Gasteiger partial charge is 0.480 e. The van der Waals surface area contributed by atoms with E-state index in [4.69, 9.17) is 5.11 Å². The van der Waals surface area contributed by atoms with Crippen LogP contribution in [0.3, 0.4) is 0 Å². The van der Waals surface area contributed by atoms with Crippen molar-refractivity contribution >= 4 is 17.7 Å². The minimum Gasteiger partial charge on any atom is -0.480 e. The predicted octanol–water partition coefficient (Wildman–Crippen LogP) is 4.55. The van der Waals surface area contributed by atoms with E-state index in [0.717, 1.165) is 23.1 Å². The summed E-state index contributed by atoms with van der Waals surface area (Å²) in [5, 5.41) is 30.1. The normalized spacial score (nSPS) is 17.2. The number of alkyl halides is 6. The van der Waals surface area contributed by atoms with Crippen LogP contribution in [0, 0.1) is 10.1 Å². The van der Waals surface area contributed by atoms with Crippen molar-refractivity contribution in [3.8, 4) is 11.1 Å². The first-order chi connectivity index (χ1) is 16.6. The second-order valence-electron chi connectivity index (χ2n) is 7.95. The standard InChI is InChI=1S/C21H17F6N3O6/c22-20(23,24)14-6-12(7-15(8-14)21(25,26)27)11-1-2-16(30(35)36)13(5-11)9-28-3-4-29(19(33)34)10-17(28)18(31)32/h1-2,5-8,17H,3-4,9-10H2,(H,31,32)(H,33,34)/t17-/m0/s1. The van der Waals surface area contributed by atoms with E-state index in [1.54, 1.807) is 0 Å². The molecule has 0 aromatic heterocycles. The Morgan fingerprint density at radius 1 is 0.944 bits per heavy atom. The fourth-order valence-corrected chi connectivity index (χ4v) is 3.83. The number of rotatable bonds is 5. The molecule has 0 bridgehead atoms. The molecule has 194 valence electrons. The molecule has 36 heavy (non-hydrogen) atoms. The van der Waals surface area contributed by atoms with Crippen LogP contribution >= 0.6 is 0 Å². The Balaban J connectivity index is 2.07. The third-order valence-electron chi connectivity index (χ3n) is 5.62. The first kappa shape index (κ1) is 26.7. The lowest BCUT2D eigenvalue weighted by atomic mass is 9.96. The number of carbonyl (C=O) groups is 2. The zero-order chi connectivity index (χ0) is 27.0. The van der Waals surface area contributed by atoms with Crippen LogP contribution in [0.4, 0.5) is 36.8 Å². The van der Waals surface area contributed by atoms with Gasteiger partial charge in [-0.2, -0.15) is 26.3 Å². The topological polar surface area (TPSA) is 124 Å². The molecule has 2 aromatic carbocycles. The highest BCUT2D eigenvalue weighted by molar-refractivity contribution is 5.76. The summed E-state index contributed by atoms with van der Waals surface area (Å²) in [5.41, 5.74) is -4.53. The Labute approximate surface area is 198 Å². The second-order valence-corrected chi connectivity index (χ2v) is 7.95. The number of nitro groups is 1. The van der Waals surface area contributed by atoms with E-state index in [9.17, 15) is 51.2 Å². The van der Waals surface area contributed by atoms with Gasteiger partial charge in [0.15, 0.2) is 0 Å². The molecule has 0 saturated carbocycles. The molecule has 0 unspecified atom stereocenters. The monoisotopic (exact) mass is 521 g/mol. The molecule has 1 atom stereocenters. The van der Waals surface area contributed by atoms with Gasteiger partial charge in [-0.1, -0.05) is 0 Å². The third kappa shape index (κ3) is 5.84. The van der Waals surface area contributed by atoms with Gasteiger partial charge in [-0.3, -0.25) is 19.8 Å². The molecule has 2 N–H and O–H groups in total. The lowest BCUT2D eigenvalue weighted by Crippen LogP contribution is -2.57. The first-order valence-electron chi connectivity index (χ1n) is 10.1. The zero-order valence-corrected chi connectivity index (χ0v) is 18.0. The highest BCUT2D eigenvalue weighted by Gasteiger charge is 2.38. The van der Waals surface area contributed by atoms with Gasteiger partial charge in [0.1, 0.15) is 6.04 Å². The van der Waals surface area contributed by atoms with E-state index < -0.39 is 70.8 Å². The van der Waals surface area contributed by atoms with Crippen molar-refractivity contribution in [2.45, 2.75) is 24.9 Å². The number of nitro benzene ring substituents is 1. The van der Waals surface area contributed by atoms with Crippen molar-refractivity contribution < 1.29 is 51.1 Å². The van der Waals surface area contributed by atoms with Gasteiger partial charge in [-0.15, -0.1) is 0 Å². The molecule has 2 aromatic rings. The van der Waals surface area contributed by atoms with Gasteiger partial charge in [-0.25, -0.2) is 4.79 Å². The Kier molecular flexibility index (Phi) is 7.15. The maximum Gasteiger partial charge on any atom is 0.416 e. The maximum absolute atomic E-state index is 13.3. The number of benzene rings is 2. The van der Waals surface area contributed by atoms with Gasteiger partial charge in [0.25, 0.3) is 5.69 Å². The van der Waals surface area contributed by atoms with Crippen molar-refractivity contribution in [3.05, 3.63) is 63.2 Å². The SMILES string of the molecule is O=C(O)[C@@H]1CN(C(=O)O)CCN1Cc1cc(-c2cc(C(F)(F)F)cc(C(F)(F)F)c2)ccc1[N+](=O)[O-]. The molecule has 0 spiro atoms. The van der Waals surface area contributed by atoms with E-state index >= 15 is 0 Å². The summed E-state index contributed by atoms with van der Waals surface area (Å²) < 4.78 is 79.5. The summed E-state index contributed by atoms with van der Waals surface area (Å²) in [6.07, 6.45) is -11.6. The van der Waals surface area contributed by atoms with E-state index in [2.05, 4.69) is 0 Å². The molecule has 1 aliphatic heterocycles. The Hall–Kier alpha value is -3.88. The zero-order valence-electron chi connectivity index (χ0n) is 18.0. The van der Waals surface area contributed by atoms with Gasteiger partial charge in [0.05, 0.1) is 22.6 Å². The lowest BCUT2D eigenvalue weighted by molar-refractivity contribution is -0.385. The summed E-state index contributed by atoms with van der Waals surface area (Å²) in [6, 6.07) is 2.45. The molecule has 9 nitrogen and oxygen atoms in total. The minimum absolute atomic E-state index is 0.0464. The second kappa shape index (κ2) is 9.64. The van der Waals surface area contributed by atoms with Crippen LogP contribution in [0.25, 0.3) is 11.1 Å². The smallest absolute Gasteiger partial charge is 0.416 e. The molecular formula is C21H17F6N3O6. The number of amides is 1. The van der Waals surface area contributed by atoms with Gasteiger partial charge in [0.2, 0.25) is 0 Å². The van der Waals surface area contributed by atoms with Crippen LogP contribution in [0.2, 0.25) is 0 Å². The summed E-state index contributed by atoms with van der Waals surface area (Å²) in [7, 11) is 0. The number of piperazine rings is 1. The van der Waals surface area contributed by atoms with E-state index in [1.165, 1.54) is 4.90 Å². The summed E-state index contributed by atoms with van der Waals surface area (Å²) >= 11 is 0. The Morgan fingerprint density at radius 2 is 1.53 bits per heavy atom. The number of halogens is 6. The van der Waals surface area contributed by atoms with Crippen LogP contribution in [-0.2, 0) is 23.7 Å². The predicted molar refractivity (Wildman–Crippen MR) is 110 cm³/mol. The van der Waals surface area contributed by atoms with Gasteiger partial charge in [-0.05, 0) is 41.5 Å². The summed E-state index contributed by atoms with van der Waals surface area (Å²) in [6.45, 7) is -1.11. The van der Waals surface area contributed by atoms with E-state index in [0.29, 0.717) is 12.1 Å². The molecule has 1 amide bonds. The average Bonchev–Trinajstić information content (AvgIpc) is 2.77. The number of hydrogen-bond acceptors (Lipinski definition) is 5. The molecule has 0 radical (unpaired) electrons. The number of aliphatic carboxylic acids is 1. The minimum atomic E-state index is -5.10. The number of carboxylic acids is 1. The van der Waals surface area contributed by atoms with Crippen LogP contribution in [0.15, 0.2) is 36.4 Å². The van der Waals surface area contributed by atoms with Crippen molar-refractivity contribution in [2.75, 3.05) is 19.6 Å². The number of carboxylic acid groups (broad SMARTS) is 2. The fourth-order valence-electron chi connectivity index (χ4n) is 3.83. The number of nitrogens with zero attached hydrogens (tertiary/aromatic N) is 3. The van der Waals surface area contributed by atoms with E-state index in [1.807, 2.05) is 0 Å². The van der Waals surface area contributed by atoms with Gasteiger partial charge >= 0.3 is 24.4 Å². The van der Waals surface area contributed by atoms with Gasteiger partial charge in [0, 0.05) is 31.3 Å². The van der Waals surface area contributed by atoms with E-state index in [-0.39, 0.29) is 30.3 Å². The molecule has 15 heteroatoms. The van der Waals surface area contributed by atoms with Crippen LogP contribution in [0.5, 0.6) is 0 Å². The van der Waals surface area contributed by atoms with Crippen LogP contribution in [-0.4, -0.2) is 62.7 Å². The highest BCUT2D eigenvalue weighted by Crippen LogP contribution is 2.39. The number of hydrogen-bond donors (Lipinski definition) is 2.